The van der Waals surface area contributed by atoms with Gasteiger partial charge in [-0.2, -0.15) is 5.26 Å². The lowest BCUT2D eigenvalue weighted by atomic mass is 9.86. The molecule has 1 fully saturated rings. The zero-order chi connectivity index (χ0) is 21.8. The number of nitriles is 1. The topological polar surface area (TPSA) is 80.2 Å². The molecule has 0 bridgehead atoms. The van der Waals surface area contributed by atoms with Crippen molar-refractivity contribution < 1.29 is 4.79 Å². The number of anilines is 2. The van der Waals surface area contributed by atoms with E-state index in [1.54, 1.807) is 0 Å². The van der Waals surface area contributed by atoms with Crippen molar-refractivity contribution in [3.8, 4) is 6.07 Å². The van der Waals surface area contributed by atoms with E-state index >= 15 is 0 Å². The fourth-order valence-corrected chi connectivity index (χ4v) is 4.75. The Morgan fingerprint density at radius 1 is 1.23 bits per heavy atom. The number of piperidine rings is 1. The van der Waals surface area contributed by atoms with E-state index < -0.39 is 0 Å². The van der Waals surface area contributed by atoms with E-state index in [2.05, 4.69) is 53.2 Å². The number of carbonyl (C=O) groups is 1. The van der Waals surface area contributed by atoms with E-state index in [4.69, 9.17) is 0 Å². The normalized spacial score (nSPS) is 22.5. The van der Waals surface area contributed by atoms with Gasteiger partial charge in [0.2, 0.25) is 5.91 Å². The van der Waals surface area contributed by atoms with Gasteiger partial charge in [0.25, 0.3) is 0 Å². The molecular formula is C25H31N5O. The summed E-state index contributed by atoms with van der Waals surface area (Å²) < 4.78 is 0. The Balaban J connectivity index is 1.50. The Hall–Kier alpha value is -3.04. The van der Waals surface area contributed by atoms with Crippen LogP contribution < -0.4 is 16.0 Å². The van der Waals surface area contributed by atoms with Gasteiger partial charge in [-0.1, -0.05) is 43.3 Å². The molecule has 162 valence electrons. The number of rotatable bonds is 6. The van der Waals surface area contributed by atoms with E-state index in [0.717, 1.165) is 37.4 Å². The summed E-state index contributed by atoms with van der Waals surface area (Å²) in [5.74, 6) is 1.22. The summed E-state index contributed by atoms with van der Waals surface area (Å²) in [5.41, 5.74) is 3.74. The molecule has 1 saturated heterocycles. The molecule has 0 aromatic heterocycles. The van der Waals surface area contributed by atoms with Gasteiger partial charge in [0.1, 0.15) is 6.07 Å². The molecule has 2 aromatic carbocycles. The fourth-order valence-electron chi connectivity index (χ4n) is 4.75. The van der Waals surface area contributed by atoms with Crippen LogP contribution in [-0.2, 0) is 4.79 Å². The summed E-state index contributed by atoms with van der Waals surface area (Å²) in [7, 11) is 1.91. The summed E-state index contributed by atoms with van der Waals surface area (Å²) in [6.45, 7) is 4.75. The lowest BCUT2D eigenvalue weighted by Crippen LogP contribution is -2.46. The highest BCUT2D eigenvalue weighted by molar-refractivity contribution is 5.78. The van der Waals surface area contributed by atoms with Crippen molar-refractivity contribution in [1.29, 1.82) is 5.26 Å². The lowest BCUT2D eigenvalue weighted by molar-refractivity contribution is -0.133. The first-order chi connectivity index (χ1) is 15.1. The van der Waals surface area contributed by atoms with E-state index in [1.807, 2.05) is 36.2 Å². The predicted octanol–water partition coefficient (Wildman–Crippen LogP) is 3.60. The molecule has 0 aliphatic carbocycles. The Morgan fingerprint density at radius 2 is 2.03 bits per heavy atom. The lowest BCUT2D eigenvalue weighted by Gasteiger charge is -2.37. The second-order valence-electron chi connectivity index (χ2n) is 8.82. The highest BCUT2D eigenvalue weighted by Gasteiger charge is 2.31. The number of nitrogens with one attached hydrogen (secondary N) is 3. The predicted molar refractivity (Wildman–Crippen MR) is 124 cm³/mol. The van der Waals surface area contributed by atoms with Gasteiger partial charge in [0, 0.05) is 26.6 Å². The monoisotopic (exact) mass is 417 g/mol. The van der Waals surface area contributed by atoms with Gasteiger partial charge in [-0.05, 0) is 42.5 Å². The molecule has 0 radical (unpaired) electrons. The van der Waals surface area contributed by atoms with E-state index in [9.17, 15) is 10.1 Å². The minimum Gasteiger partial charge on any atom is -0.381 e. The van der Waals surface area contributed by atoms with Gasteiger partial charge >= 0.3 is 0 Å². The number of carbonyl (C=O) groups excluding carboxylic acids is 1. The largest absolute Gasteiger partial charge is 0.381 e. The average molecular weight is 418 g/mol. The molecular weight excluding hydrogens is 386 g/mol. The first-order valence-corrected chi connectivity index (χ1v) is 11.1. The number of amides is 1. The quantitative estimate of drug-likeness (QED) is 0.669. The summed E-state index contributed by atoms with van der Waals surface area (Å²) in [6.07, 6.45) is 1.61. The Bertz CT molecular complexity index is 954. The van der Waals surface area contributed by atoms with Crippen molar-refractivity contribution in [1.82, 2.24) is 10.2 Å². The molecule has 6 heteroatoms. The molecule has 4 rings (SSSR count). The second kappa shape index (κ2) is 9.40. The van der Waals surface area contributed by atoms with Crippen molar-refractivity contribution in [3.63, 3.8) is 0 Å². The summed E-state index contributed by atoms with van der Waals surface area (Å²) in [6, 6.07) is 18.8. The summed E-state index contributed by atoms with van der Waals surface area (Å²) in [5, 5.41) is 20.5. The second-order valence-corrected chi connectivity index (χ2v) is 8.82. The third-order valence-corrected chi connectivity index (χ3v) is 6.72. The maximum Gasteiger partial charge on any atom is 0.222 e. The fraction of sp³-hybridized carbons (Fsp3) is 0.440. The molecule has 2 unspecified atom stereocenters. The van der Waals surface area contributed by atoms with E-state index in [1.165, 1.54) is 5.56 Å². The van der Waals surface area contributed by atoms with Crippen LogP contribution in [0.25, 0.3) is 0 Å². The van der Waals surface area contributed by atoms with Crippen LogP contribution >= 0.6 is 0 Å². The first-order valence-electron chi connectivity index (χ1n) is 11.1. The van der Waals surface area contributed by atoms with Gasteiger partial charge in [0.15, 0.2) is 0 Å². The van der Waals surface area contributed by atoms with Gasteiger partial charge in [-0.15, -0.1) is 0 Å². The summed E-state index contributed by atoms with van der Waals surface area (Å²) >= 11 is 0. The smallest absolute Gasteiger partial charge is 0.222 e. The van der Waals surface area contributed by atoms with Crippen LogP contribution in [0.15, 0.2) is 48.5 Å². The number of hydrogen-bond acceptors (Lipinski definition) is 5. The molecule has 3 N–H and O–H groups in total. The van der Waals surface area contributed by atoms with Gasteiger partial charge < -0.3 is 20.9 Å². The third-order valence-electron chi connectivity index (χ3n) is 6.72. The van der Waals surface area contributed by atoms with Crippen molar-refractivity contribution in [2.45, 2.75) is 31.8 Å². The minimum atomic E-state index is 0.0963. The first kappa shape index (κ1) is 21.2. The zero-order valence-corrected chi connectivity index (χ0v) is 18.3. The van der Waals surface area contributed by atoms with Gasteiger partial charge in [0.05, 0.1) is 29.0 Å². The minimum absolute atomic E-state index is 0.0963. The number of nitrogens with zero attached hydrogens (tertiary/aromatic N) is 2. The number of para-hydroxylation sites is 1. The highest BCUT2D eigenvalue weighted by Crippen LogP contribution is 2.33. The van der Waals surface area contributed by atoms with Crippen LogP contribution in [0.3, 0.4) is 0 Å². The molecule has 31 heavy (non-hydrogen) atoms. The van der Waals surface area contributed by atoms with Crippen molar-refractivity contribution in [2.75, 3.05) is 37.3 Å². The molecule has 6 nitrogen and oxygen atoms in total. The molecule has 0 spiro atoms. The van der Waals surface area contributed by atoms with Crippen LogP contribution in [0, 0.1) is 23.2 Å². The molecule has 2 aromatic rings. The average Bonchev–Trinajstić information content (AvgIpc) is 2.81. The zero-order valence-electron chi connectivity index (χ0n) is 18.3. The number of likely N-dealkylation sites (tertiary alicyclic amines) is 1. The van der Waals surface area contributed by atoms with Crippen LogP contribution in [0.2, 0.25) is 0 Å². The van der Waals surface area contributed by atoms with Crippen LogP contribution in [0.5, 0.6) is 0 Å². The summed E-state index contributed by atoms with van der Waals surface area (Å²) in [4.78, 5) is 13.7. The molecule has 2 heterocycles. The van der Waals surface area contributed by atoms with Crippen LogP contribution in [0.1, 0.15) is 36.9 Å². The van der Waals surface area contributed by atoms with Crippen molar-refractivity contribution in [2.24, 2.45) is 11.8 Å². The number of benzene rings is 2. The number of fused-ring (bicyclic) bond motifs is 1. The molecule has 0 saturated carbocycles. The SMILES string of the molecule is CC(CN[C@H](c1ccccc1)[C@H]1CNc2cccc(C#N)c2N1)C1CCC(=O)N(C)C1. The molecule has 2 aliphatic rings. The Kier molecular flexibility index (Phi) is 6.43. The van der Waals surface area contributed by atoms with Gasteiger partial charge in [-0.25, -0.2) is 0 Å². The number of hydrogen-bond donors (Lipinski definition) is 3. The van der Waals surface area contributed by atoms with Crippen LogP contribution in [-0.4, -0.2) is 43.5 Å². The van der Waals surface area contributed by atoms with Crippen molar-refractivity contribution >= 4 is 17.3 Å². The highest BCUT2D eigenvalue weighted by atomic mass is 16.2. The van der Waals surface area contributed by atoms with E-state index in [-0.39, 0.29) is 18.0 Å². The van der Waals surface area contributed by atoms with Crippen LogP contribution in [0.4, 0.5) is 11.4 Å². The molecule has 1 amide bonds. The van der Waals surface area contributed by atoms with E-state index in [0.29, 0.717) is 23.8 Å². The Morgan fingerprint density at radius 3 is 2.77 bits per heavy atom. The molecule has 4 atom stereocenters. The molecule has 2 aliphatic heterocycles. The maximum absolute atomic E-state index is 11.8. The third kappa shape index (κ3) is 4.67. The maximum atomic E-state index is 11.8. The van der Waals surface area contributed by atoms with Crippen molar-refractivity contribution in [3.05, 3.63) is 59.7 Å². The van der Waals surface area contributed by atoms with Gasteiger partial charge in [-0.3, -0.25) is 4.79 Å². The standard InChI is InChI=1S/C25H31N5O/c1-17(20-11-12-23(31)30(2)16-20)14-28-24(18-7-4-3-5-8-18)22-15-27-21-10-6-9-19(13-26)25(21)29-22/h3-10,17,20,22,24,27-29H,11-12,14-16H2,1-2H3/t17?,20?,22-,24-/m1/s1. The Labute approximate surface area is 184 Å².